The lowest BCUT2D eigenvalue weighted by Gasteiger charge is -2.11. The van der Waals surface area contributed by atoms with Crippen molar-refractivity contribution in [1.82, 2.24) is 10.7 Å². The van der Waals surface area contributed by atoms with E-state index in [0.29, 0.717) is 11.3 Å². The van der Waals surface area contributed by atoms with Gasteiger partial charge in [-0.25, -0.2) is 0 Å². The van der Waals surface area contributed by atoms with Gasteiger partial charge in [0, 0.05) is 17.7 Å². The van der Waals surface area contributed by atoms with Crippen LogP contribution in [0.25, 0.3) is 0 Å². The molecule has 2 rings (SSSR count). The van der Waals surface area contributed by atoms with E-state index >= 15 is 0 Å². The summed E-state index contributed by atoms with van der Waals surface area (Å²) in [5.41, 5.74) is 7.50. The van der Waals surface area contributed by atoms with Gasteiger partial charge in [0.15, 0.2) is 5.11 Å². The molecule has 1 amide bonds. The fourth-order valence-corrected chi connectivity index (χ4v) is 1.85. The summed E-state index contributed by atoms with van der Waals surface area (Å²) in [5.74, 6) is -0.326. The molecule has 0 aromatic heterocycles. The molecule has 0 aliphatic rings. The first-order valence-electron chi connectivity index (χ1n) is 6.64. The monoisotopic (exact) mass is 330 g/mol. The number of anilines is 1. The van der Waals surface area contributed by atoms with Gasteiger partial charge in [0.25, 0.3) is 11.6 Å². The molecule has 0 bridgehead atoms. The minimum absolute atomic E-state index is 0.00852. The first-order valence-corrected chi connectivity index (χ1v) is 7.05. The van der Waals surface area contributed by atoms with Crippen molar-refractivity contribution in [1.29, 1.82) is 0 Å². The van der Waals surface area contributed by atoms with Crippen molar-refractivity contribution < 1.29 is 9.72 Å². The third-order valence-electron chi connectivity index (χ3n) is 2.94. The number of amides is 1. The molecule has 0 heterocycles. The largest absolute Gasteiger partial charge is 0.299 e. The van der Waals surface area contributed by atoms with Crippen molar-refractivity contribution in [3.8, 4) is 0 Å². The SMILES string of the molecule is Cc1ccc(C(=O)NC(=S)NNc2ccc([N+](=O)[O-])cc2)cc1. The van der Waals surface area contributed by atoms with E-state index in [1.807, 2.05) is 19.1 Å². The molecular weight excluding hydrogens is 316 g/mol. The molecule has 0 atom stereocenters. The number of hydrogen-bond donors (Lipinski definition) is 3. The summed E-state index contributed by atoms with van der Waals surface area (Å²) < 4.78 is 0. The van der Waals surface area contributed by atoms with E-state index in [9.17, 15) is 14.9 Å². The molecule has 0 aliphatic heterocycles. The number of non-ortho nitro benzene ring substituents is 1. The average molecular weight is 330 g/mol. The number of nitrogens with zero attached hydrogens (tertiary/aromatic N) is 1. The lowest BCUT2D eigenvalue weighted by atomic mass is 10.1. The van der Waals surface area contributed by atoms with Gasteiger partial charge in [0.05, 0.1) is 10.6 Å². The van der Waals surface area contributed by atoms with Crippen molar-refractivity contribution in [3.63, 3.8) is 0 Å². The molecule has 0 aliphatic carbocycles. The van der Waals surface area contributed by atoms with Gasteiger partial charge in [-0.3, -0.25) is 31.1 Å². The van der Waals surface area contributed by atoms with E-state index in [1.165, 1.54) is 24.3 Å². The molecule has 7 nitrogen and oxygen atoms in total. The smallest absolute Gasteiger partial charge is 0.269 e. The van der Waals surface area contributed by atoms with Crippen LogP contribution in [-0.2, 0) is 0 Å². The Labute approximate surface area is 137 Å². The molecule has 0 saturated heterocycles. The average Bonchev–Trinajstić information content (AvgIpc) is 2.54. The van der Waals surface area contributed by atoms with Crippen LogP contribution in [-0.4, -0.2) is 15.9 Å². The second-order valence-corrected chi connectivity index (χ2v) is 5.11. The van der Waals surface area contributed by atoms with Crippen LogP contribution in [0.2, 0.25) is 0 Å². The Hall–Kier alpha value is -3.00. The van der Waals surface area contributed by atoms with Crippen LogP contribution < -0.4 is 16.2 Å². The first kappa shape index (κ1) is 16.4. The number of nitro benzene ring substituents is 1. The Kier molecular flexibility index (Phi) is 5.21. The standard InChI is InChI=1S/C15H14N4O3S/c1-10-2-4-11(5-3-10)14(20)16-15(23)18-17-12-6-8-13(9-7-12)19(21)22/h2-9,17H,1H3,(H2,16,18,20,23). The van der Waals surface area contributed by atoms with Crippen molar-refractivity contribution in [2.24, 2.45) is 0 Å². The van der Waals surface area contributed by atoms with Crippen LogP contribution in [0.3, 0.4) is 0 Å². The number of carbonyl (C=O) groups is 1. The van der Waals surface area contributed by atoms with E-state index in [1.54, 1.807) is 12.1 Å². The van der Waals surface area contributed by atoms with E-state index in [0.717, 1.165) is 5.56 Å². The van der Waals surface area contributed by atoms with Gasteiger partial charge in [0.1, 0.15) is 0 Å². The lowest BCUT2D eigenvalue weighted by molar-refractivity contribution is -0.384. The van der Waals surface area contributed by atoms with E-state index in [-0.39, 0.29) is 16.7 Å². The Bertz CT molecular complexity index is 729. The quantitative estimate of drug-likeness (QED) is 0.453. The fraction of sp³-hybridized carbons (Fsp3) is 0.0667. The molecular formula is C15H14N4O3S. The molecule has 0 unspecified atom stereocenters. The van der Waals surface area contributed by atoms with E-state index in [2.05, 4.69) is 16.2 Å². The number of benzene rings is 2. The second-order valence-electron chi connectivity index (χ2n) is 4.70. The van der Waals surface area contributed by atoms with Crippen molar-refractivity contribution >= 4 is 34.6 Å². The summed E-state index contributed by atoms with van der Waals surface area (Å²) in [7, 11) is 0. The number of nitro groups is 1. The summed E-state index contributed by atoms with van der Waals surface area (Å²) in [5, 5.41) is 13.2. The van der Waals surface area contributed by atoms with Crippen LogP contribution in [0.5, 0.6) is 0 Å². The highest BCUT2D eigenvalue weighted by molar-refractivity contribution is 7.80. The van der Waals surface area contributed by atoms with Gasteiger partial charge in [-0.1, -0.05) is 17.7 Å². The van der Waals surface area contributed by atoms with Gasteiger partial charge >= 0.3 is 0 Å². The van der Waals surface area contributed by atoms with Crippen molar-refractivity contribution in [2.45, 2.75) is 6.92 Å². The lowest BCUT2D eigenvalue weighted by Crippen LogP contribution is -2.41. The predicted molar refractivity (Wildman–Crippen MR) is 91.1 cm³/mol. The van der Waals surface area contributed by atoms with Crippen LogP contribution in [0.4, 0.5) is 11.4 Å². The Morgan fingerprint density at radius 2 is 1.70 bits per heavy atom. The highest BCUT2D eigenvalue weighted by atomic mass is 32.1. The van der Waals surface area contributed by atoms with Gasteiger partial charge in [-0.05, 0) is 43.4 Å². The number of hydrogen-bond acceptors (Lipinski definition) is 5. The third kappa shape index (κ3) is 4.75. The van der Waals surface area contributed by atoms with Crippen LogP contribution in [0.15, 0.2) is 48.5 Å². The molecule has 2 aromatic carbocycles. The number of rotatable bonds is 4. The third-order valence-corrected chi connectivity index (χ3v) is 3.14. The number of thiocarbonyl (C=S) groups is 1. The second kappa shape index (κ2) is 7.32. The zero-order chi connectivity index (χ0) is 16.8. The number of aryl methyl sites for hydroxylation is 1. The minimum Gasteiger partial charge on any atom is -0.299 e. The van der Waals surface area contributed by atoms with Crippen LogP contribution in [0, 0.1) is 17.0 Å². The number of hydrazine groups is 1. The molecule has 0 spiro atoms. The molecule has 0 saturated carbocycles. The molecule has 0 radical (unpaired) electrons. The molecule has 8 heteroatoms. The van der Waals surface area contributed by atoms with E-state index in [4.69, 9.17) is 12.2 Å². The minimum atomic E-state index is -0.483. The Morgan fingerprint density at radius 3 is 2.26 bits per heavy atom. The number of nitrogens with one attached hydrogen (secondary N) is 3. The first-order chi connectivity index (χ1) is 11.0. The van der Waals surface area contributed by atoms with Crippen molar-refractivity contribution in [3.05, 3.63) is 69.8 Å². The van der Waals surface area contributed by atoms with Crippen molar-refractivity contribution in [2.75, 3.05) is 5.43 Å². The summed E-state index contributed by atoms with van der Waals surface area (Å²) in [4.78, 5) is 22.0. The summed E-state index contributed by atoms with van der Waals surface area (Å²) >= 11 is 5.01. The fourth-order valence-electron chi connectivity index (χ4n) is 1.71. The maximum absolute atomic E-state index is 12.0. The van der Waals surface area contributed by atoms with Crippen LogP contribution >= 0.6 is 12.2 Å². The molecule has 23 heavy (non-hydrogen) atoms. The normalized spacial score (nSPS) is 9.78. The maximum atomic E-state index is 12.0. The highest BCUT2D eigenvalue weighted by Gasteiger charge is 2.07. The molecule has 0 fully saturated rings. The summed E-state index contributed by atoms with van der Waals surface area (Å²) in [6, 6.07) is 12.8. The van der Waals surface area contributed by atoms with Gasteiger partial charge in [0.2, 0.25) is 0 Å². The Balaban J connectivity index is 1.86. The summed E-state index contributed by atoms with van der Waals surface area (Å²) in [6.45, 7) is 1.93. The Morgan fingerprint density at radius 1 is 1.09 bits per heavy atom. The molecule has 118 valence electrons. The molecule has 2 aromatic rings. The summed E-state index contributed by atoms with van der Waals surface area (Å²) in [6.07, 6.45) is 0. The predicted octanol–water partition coefficient (Wildman–Crippen LogP) is 2.53. The zero-order valence-corrected chi connectivity index (χ0v) is 13.0. The van der Waals surface area contributed by atoms with Gasteiger partial charge < -0.3 is 0 Å². The zero-order valence-electron chi connectivity index (χ0n) is 12.2. The number of carbonyl (C=O) groups excluding carboxylic acids is 1. The van der Waals surface area contributed by atoms with Gasteiger partial charge in [-0.15, -0.1) is 0 Å². The van der Waals surface area contributed by atoms with Crippen LogP contribution in [0.1, 0.15) is 15.9 Å². The maximum Gasteiger partial charge on any atom is 0.269 e. The molecule has 3 N–H and O–H groups in total. The highest BCUT2D eigenvalue weighted by Crippen LogP contribution is 2.14. The van der Waals surface area contributed by atoms with E-state index < -0.39 is 4.92 Å². The topological polar surface area (TPSA) is 96.3 Å². The van der Waals surface area contributed by atoms with Gasteiger partial charge in [-0.2, -0.15) is 0 Å².